The summed E-state index contributed by atoms with van der Waals surface area (Å²) in [4.78, 5) is 2.55. The number of likely N-dealkylation sites (N-methyl/N-ethyl adjacent to an activating group) is 1. The molecule has 1 heteroatoms. The van der Waals surface area contributed by atoms with Gasteiger partial charge in [0, 0.05) is 12.1 Å². The summed E-state index contributed by atoms with van der Waals surface area (Å²) in [6, 6.07) is 0. The second-order valence-corrected chi connectivity index (χ2v) is 4.31. The molecule has 0 aromatic carbocycles. The Balaban J connectivity index is 2.76. The minimum absolute atomic E-state index is 0.483. The summed E-state index contributed by atoms with van der Waals surface area (Å²) in [6.07, 6.45) is 7.52. The van der Waals surface area contributed by atoms with Crippen LogP contribution in [0.1, 0.15) is 46.5 Å². The van der Waals surface area contributed by atoms with Crippen molar-refractivity contribution in [2.75, 3.05) is 13.6 Å². The first-order chi connectivity index (χ1) is 6.18. The van der Waals surface area contributed by atoms with Crippen molar-refractivity contribution in [1.82, 2.24) is 4.90 Å². The maximum atomic E-state index is 2.55. The summed E-state index contributed by atoms with van der Waals surface area (Å²) in [5.41, 5.74) is 2.11. The monoisotopic (exact) mass is 181 g/mol. The molecule has 76 valence electrons. The zero-order chi connectivity index (χ0) is 9.90. The average molecular weight is 181 g/mol. The van der Waals surface area contributed by atoms with Crippen LogP contribution in [-0.4, -0.2) is 24.0 Å². The lowest BCUT2D eigenvalue weighted by molar-refractivity contribution is 0.153. The number of allylic oxidation sites excluding steroid dienone is 1. The third-order valence-corrected chi connectivity index (χ3v) is 3.59. The van der Waals surface area contributed by atoms with Crippen molar-refractivity contribution >= 4 is 0 Å². The van der Waals surface area contributed by atoms with E-state index < -0.39 is 0 Å². The molecule has 0 radical (unpaired) electrons. The van der Waals surface area contributed by atoms with Crippen LogP contribution in [-0.2, 0) is 0 Å². The number of hydrogen-bond donors (Lipinski definition) is 0. The molecule has 0 aromatic rings. The molecule has 0 bridgehead atoms. The molecule has 0 amide bonds. The molecular formula is C12H23N. The van der Waals surface area contributed by atoms with Gasteiger partial charge in [0.25, 0.3) is 0 Å². The molecule has 13 heavy (non-hydrogen) atoms. The van der Waals surface area contributed by atoms with Gasteiger partial charge in [-0.25, -0.2) is 0 Å². The molecule has 0 saturated carbocycles. The Hall–Kier alpha value is -0.300. The molecule has 1 nitrogen and oxygen atoms in total. The Labute approximate surface area is 82.8 Å². The van der Waals surface area contributed by atoms with E-state index in [0.29, 0.717) is 5.54 Å². The van der Waals surface area contributed by atoms with Gasteiger partial charge in [0.05, 0.1) is 0 Å². The maximum absolute atomic E-state index is 2.55. The summed E-state index contributed by atoms with van der Waals surface area (Å²) in [7, 11) is 2.27. The molecule has 0 spiro atoms. The summed E-state index contributed by atoms with van der Waals surface area (Å²) in [5, 5.41) is 0. The van der Waals surface area contributed by atoms with E-state index in [9.17, 15) is 0 Å². The van der Waals surface area contributed by atoms with E-state index >= 15 is 0 Å². The van der Waals surface area contributed by atoms with Crippen LogP contribution in [0.3, 0.4) is 0 Å². The SMILES string of the molecule is C/C=C1\CN(C)C(CC)(CCC)C1. The average Bonchev–Trinajstić information content (AvgIpc) is 2.45. The van der Waals surface area contributed by atoms with Gasteiger partial charge in [-0.05, 0) is 33.2 Å². The standard InChI is InChI=1S/C12H23N/c1-5-8-12(7-3)9-11(6-2)10-13(12)4/h6H,5,7-10H2,1-4H3/b11-6-. The summed E-state index contributed by atoms with van der Waals surface area (Å²) in [5.74, 6) is 0. The molecule has 1 aliphatic heterocycles. The second-order valence-electron chi connectivity index (χ2n) is 4.31. The number of nitrogens with zero attached hydrogens (tertiary/aromatic N) is 1. The lowest BCUT2D eigenvalue weighted by Crippen LogP contribution is -2.40. The van der Waals surface area contributed by atoms with E-state index in [4.69, 9.17) is 0 Å². The van der Waals surface area contributed by atoms with Crippen molar-refractivity contribution in [3.8, 4) is 0 Å². The highest BCUT2D eigenvalue weighted by Gasteiger charge is 2.37. The third kappa shape index (κ3) is 1.96. The van der Waals surface area contributed by atoms with Crippen molar-refractivity contribution in [3.63, 3.8) is 0 Å². The van der Waals surface area contributed by atoms with Gasteiger partial charge in [-0.15, -0.1) is 0 Å². The molecule has 1 unspecified atom stereocenters. The first kappa shape index (κ1) is 10.8. The van der Waals surface area contributed by atoms with Crippen LogP contribution in [0.25, 0.3) is 0 Å². The fourth-order valence-corrected chi connectivity index (χ4v) is 2.60. The Kier molecular flexibility index (Phi) is 3.55. The highest BCUT2D eigenvalue weighted by atomic mass is 15.2. The van der Waals surface area contributed by atoms with Crippen molar-refractivity contribution < 1.29 is 0 Å². The van der Waals surface area contributed by atoms with Crippen LogP contribution >= 0.6 is 0 Å². The Bertz CT molecular complexity index is 195. The minimum atomic E-state index is 0.483. The van der Waals surface area contributed by atoms with Gasteiger partial charge in [-0.2, -0.15) is 0 Å². The lowest BCUT2D eigenvalue weighted by atomic mass is 9.87. The van der Waals surface area contributed by atoms with E-state index in [-0.39, 0.29) is 0 Å². The maximum Gasteiger partial charge on any atom is 0.0244 e. The van der Waals surface area contributed by atoms with Gasteiger partial charge in [0.1, 0.15) is 0 Å². The highest BCUT2D eigenvalue weighted by Crippen LogP contribution is 2.37. The Morgan fingerprint density at radius 1 is 1.46 bits per heavy atom. The molecule has 0 aromatic heterocycles. The van der Waals surface area contributed by atoms with Gasteiger partial charge in [0.15, 0.2) is 0 Å². The van der Waals surface area contributed by atoms with E-state index in [1.165, 1.54) is 32.2 Å². The van der Waals surface area contributed by atoms with Crippen molar-refractivity contribution in [2.24, 2.45) is 0 Å². The number of rotatable bonds is 3. The van der Waals surface area contributed by atoms with Crippen LogP contribution < -0.4 is 0 Å². The van der Waals surface area contributed by atoms with Crippen LogP contribution in [0.2, 0.25) is 0 Å². The van der Waals surface area contributed by atoms with Gasteiger partial charge >= 0.3 is 0 Å². The predicted molar refractivity (Wildman–Crippen MR) is 58.9 cm³/mol. The van der Waals surface area contributed by atoms with Gasteiger partial charge in [-0.1, -0.05) is 31.9 Å². The molecule has 1 fully saturated rings. The number of likely N-dealkylation sites (tertiary alicyclic amines) is 1. The number of hydrogen-bond acceptors (Lipinski definition) is 1. The van der Waals surface area contributed by atoms with Crippen LogP contribution in [0.15, 0.2) is 11.6 Å². The van der Waals surface area contributed by atoms with Crippen LogP contribution in [0.5, 0.6) is 0 Å². The molecule has 1 rings (SSSR count). The van der Waals surface area contributed by atoms with E-state index in [1.807, 2.05) is 0 Å². The van der Waals surface area contributed by atoms with Gasteiger partial charge in [0.2, 0.25) is 0 Å². The third-order valence-electron chi connectivity index (χ3n) is 3.59. The Morgan fingerprint density at radius 3 is 2.54 bits per heavy atom. The molecule has 0 aliphatic carbocycles. The summed E-state index contributed by atoms with van der Waals surface area (Å²) < 4.78 is 0. The molecule has 1 atom stereocenters. The molecule has 1 aliphatic rings. The van der Waals surface area contributed by atoms with Gasteiger partial charge < -0.3 is 0 Å². The highest BCUT2D eigenvalue weighted by molar-refractivity contribution is 5.16. The fraction of sp³-hybridized carbons (Fsp3) is 0.833. The van der Waals surface area contributed by atoms with Crippen molar-refractivity contribution in [1.29, 1.82) is 0 Å². The second kappa shape index (κ2) is 4.28. The van der Waals surface area contributed by atoms with E-state index in [1.54, 1.807) is 5.57 Å². The van der Waals surface area contributed by atoms with Crippen LogP contribution in [0.4, 0.5) is 0 Å². The van der Waals surface area contributed by atoms with Crippen LogP contribution in [0, 0.1) is 0 Å². The lowest BCUT2D eigenvalue weighted by Gasteiger charge is -2.34. The summed E-state index contributed by atoms with van der Waals surface area (Å²) in [6.45, 7) is 7.97. The van der Waals surface area contributed by atoms with Crippen molar-refractivity contribution in [3.05, 3.63) is 11.6 Å². The predicted octanol–water partition coefficient (Wildman–Crippen LogP) is 3.22. The van der Waals surface area contributed by atoms with E-state index in [2.05, 4.69) is 38.8 Å². The Morgan fingerprint density at radius 2 is 2.15 bits per heavy atom. The van der Waals surface area contributed by atoms with E-state index in [0.717, 1.165) is 0 Å². The molecule has 1 saturated heterocycles. The summed E-state index contributed by atoms with van der Waals surface area (Å²) >= 11 is 0. The first-order valence-corrected chi connectivity index (χ1v) is 5.54. The van der Waals surface area contributed by atoms with Crippen molar-refractivity contribution in [2.45, 2.75) is 52.0 Å². The zero-order valence-electron chi connectivity index (χ0n) is 9.56. The molecular weight excluding hydrogens is 158 g/mol. The normalized spacial score (nSPS) is 33.1. The smallest absolute Gasteiger partial charge is 0.0244 e. The fourth-order valence-electron chi connectivity index (χ4n) is 2.60. The minimum Gasteiger partial charge on any atom is -0.296 e. The molecule has 0 N–H and O–H groups in total. The first-order valence-electron chi connectivity index (χ1n) is 5.54. The zero-order valence-corrected chi connectivity index (χ0v) is 9.56. The largest absolute Gasteiger partial charge is 0.296 e. The topological polar surface area (TPSA) is 3.24 Å². The van der Waals surface area contributed by atoms with Gasteiger partial charge in [-0.3, -0.25) is 4.90 Å². The quantitative estimate of drug-likeness (QED) is 0.604. The molecule has 1 heterocycles.